The van der Waals surface area contributed by atoms with Crippen molar-refractivity contribution in [2.75, 3.05) is 9.80 Å². The average molecular weight is 1060 g/mol. The second kappa shape index (κ2) is 18.8. The maximum Gasteiger partial charge on any atom is 0.235 e. The normalized spacial score (nSPS) is 12.2. The molecule has 374 valence electrons. The average Bonchev–Trinajstić information content (AvgIpc) is 4.07. The molecule has 4 aromatic heterocycles. The standard InChI is InChI=1S/C72H44N6S2/c1-3-21-45(22-4-1)57-43-58(75-72(74-57)78-61-36-14-8-30-52(61)68-56-34-12-18-40-65(56)80-70(68)54-32-10-16-38-63(54)78)49-27-19-25-47(41-49)48-26-20-28-50(42-48)71-73-59(46-23-5-2-6-24-46)44-66(76-71)77-60-35-13-7-29-51(60)67-55-33-11-17-39-64(55)79-69(67)53-31-9-15-37-62(53)77/h1-44H. The van der Waals surface area contributed by atoms with Crippen LogP contribution in [0.4, 0.5) is 34.5 Å². The Morgan fingerprint density at radius 2 is 0.675 bits per heavy atom. The molecule has 14 aromatic rings. The molecule has 0 unspecified atom stereocenters. The minimum Gasteiger partial charge on any atom is -0.294 e. The van der Waals surface area contributed by atoms with Crippen LogP contribution >= 0.6 is 22.7 Å². The summed E-state index contributed by atoms with van der Waals surface area (Å²) < 4.78 is 2.53. The third kappa shape index (κ3) is 7.60. The molecule has 80 heavy (non-hydrogen) atoms. The first-order valence-electron chi connectivity index (χ1n) is 26.8. The highest BCUT2D eigenvalue weighted by Gasteiger charge is 2.32. The van der Waals surface area contributed by atoms with Crippen LogP contribution in [0.5, 0.6) is 0 Å². The lowest BCUT2D eigenvalue weighted by atomic mass is 9.98. The Labute approximate surface area is 470 Å². The molecule has 0 radical (unpaired) electrons. The van der Waals surface area contributed by atoms with E-state index < -0.39 is 0 Å². The Bertz CT molecular complexity index is 4450. The molecule has 2 aliphatic heterocycles. The number of anilines is 6. The van der Waals surface area contributed by atoms with Crippen LogP contribution in [0.2, 0.25) is 0 Å². The van der Waals surface area contributed by atoms with Gasteiger partial charge >= 0.3 is 0 Å². The van der Waals surface area contributed by atoms with Crippen LogP contribution < -0.4 is 9.80 Å². The number of nitrogens with zero attached hydrogens (tertiary/aromatic N) is 6. The summed E-state index contributed by atoms with van der Waals surface area (Å²) in [7, 11) is 0. The van der Waals surface area contributed by atoms with Gasteiger partial charge in [-0.1, -0.05) is 206 Å². The zero-order chi connectivity index (χ0) is 52.7. The van der Waals surface area contributed by atoms with Gasteiger partial charge in [-0.2, -0.15) is 0 Å². The summed E-state index contributed by atoms with van der Waals surface area (Å²) in [5, 5.41) is 2.50. The second-order valence-corrected chi connectivity index (χ2v) is 22.2. The second-order valence-electron chi connectivity index (χ2n) is 20.1. The molecular weight excluding hydrogens is 1010 g/mol. The molecule has 16 rings (SSSR count). The first kappa shape index (κ1) is 46.0. The summed E-state index contributed by atoms with van der Waals surface area (Å²) in [6, 6.07) is 94.8. The molecule has 0 atom stereocenters. The maximum atomic E-state index is 5.55. The summed E-state index contributed by atoms with van der Waals surface area (Å²) in [5.41, 5.74) is 19.8. The summed E-state index contributed by atoms with van der Waals surface area (Å²) in [6.45, 7) is 0. The summed E-state index contributed by atoms with van der Waals surface area (Å²) in [4.78, 5) is 29.0. The van der Waals surface area contributed by atoms with Gasteiger partial charge in [-0.15, -0.1) is 22.7 Å². The van der Waals surface area contributed by atoms with Gasteiger partial charge in [-0.05, 0) is 65.7 Å². The van der Waals surface area contributed by atoms with Crippen LogP contribution in [0, 0.1) is 0 Å². The van der Waals surface area contributed by atoms with Crippen molar-refractivity contribution in [3.63, 3.8) is 0 Å². The molecule has 0 N–H and O–H groups in total. The molecule has 10 aromatic carbocycles. The van der Waals surface area contributed by atoms with E-state index in [1.165, 1.54) is 46.6 Å². The van der Waals surface area contributed by atoms with Crippen molar-refractivity contribution in [3.05, 3.63) is 267 Å². The first-order valence-corrected chi connectivity index (χ1v) is 28.4. The highest BCUT2D eigenvalue weighted by atomic mass is 32.1. The molecule has 2 aliphatic rings. The number of rotatable bonds is 7. The number of hydrogen-bond donors (Lipinski definition) is 0. The topological polar surface area (TPSA) is 58.0 Å². The predicted molar refractivity (Wildman–Crippen MR) is 334 cm³/mol. The maximum absolute atomic E-state index is 5.55. The van der Waals surface area contributed by atoms with Crippen molar-refractivity contribution in [1.82, 2.24) is 19.9 Å². The number of hydrogen-bond acceptors (Lipinski definition) is 8. The van der Waals surface area contributed by atoms with Gasteiger partial charge < -0.3 is 0 Å². The Kier molecular flexibility index (Phi) is 10.8. The molecule has 0 fully saturated rings. The number of fused-ring (bicyclic) bond motifs is 14. The van der Waals surface area contributed by atoms with Crippen molar-refractivity contribution in [2.45, 2.75) is 0 Å². The largest absolute Gasteiger partial charge is 0.294 e. The Morgan fingerprint density at radius 3 is 1.25 bits per heavy atom. The zero-order valence-corrected chi connectivity index (χ0v) is 44.5. The SMILES string of the molecule is c1ccc(-c2cc(N3c4ccccc4-c4sc5ccccc5c4-c4ccccc43)nc(-c3cccc(-c4cccc(-c5cc(-c6ccccc6)nc(N6c7ccccc7-c7sc8ccccc8c7-c7ccccc76)n5)c4)c3)n2)cc1. The molecule has 8 heteroatoms. The van der Waals surface area contributed by atoms with Gasteiger partial charge in [0.05, 0.1) is 39.8 Å². The monoisotopic (exact) mass is 1060 g/mol. The first-order chi connectivity index (χ1) is 39.7. The van der Waals surface area contributed by atoms with Crippen LogP contribution in [0.3, 0.4) is 0 Å². The number of benzene rings is 10. The quantitative estimate of drug-likeness (QED) is 0.159. The third-order valence-corrected chi connectivity index (χ3v) is 17.8. The fraction of sp³-hybridized carbons (Fsp3) is 0. The minimum atomic E-state index is 0.595. The van der Waals surface area contributed by atoms with E-state index in [4.69, 9.17) is 19.9 Å². The van der Waals surface area contributed by atoms with E-state index in [9.17, 15) is 0 Å². The van der Waals surface area contributed by atoms with Crippen LogP contribution in [0.25, 0.3) is 120 Å². The lowest BCUT2D eigenvalue weighted by Crippen LogP contribution is -2.15. The van der Waals surface area contributed by atoms with Gasteiger partial charge in [0, 0.05) is 91.6 Å². The highest BCUT2D eigenvalue weighted by molar-refractivity contribution is 7.23. The summed E-state index contributed by atoms with van der Waals surface area (Å²) in [6.07, 6.45) is 0. The number of para-hydroxylation sites is 4. The minimum absolute atomic E-state index is 0.595. The zero-order valence-electron chi connectivity index (χ0n) is 42.9. The molecular formula is C72H44N6S2. The van der Waals surface area contributed by atoms with Gasteiger partial charge in [-0.25, -0.2) is 19.9 Å². The molecule has 0 saturated carbocycles. The van der Waals surface area contributed by atoms with E-state index in [1.54, 1.807) is 0 Å². The Hall–Kier alpha value is -10.1. The molecule has 6 nitrogen and oxygen atoms in total. The van der Waals surface area contributed by atoms with Crippen molar-refractivity contribution < 1.29 is 0 Å². The van der Waals surface area contributed by atoms with Gasteiger partial charge in [0.15, 0.2) is 5.82 Å². The van der Waals surface area contributed by atoms with Crippen molar-refractivity contribution in [3.8, 4) is 99.4 Å². The van der Waals surface area contributed by atoms with Crippen LogP contribution in [0.15, 0.2) is 267 Å². The van der Waals surface area contributed by atoms with Crippen molar-refractivity contribution >= 4 is 77.4 Å². The summed E-state index contributed by atoms with van der Waals surface area (Å²) >= 11 is 3.69. The van der Waals surface area contributed by atoms with E-state index in [1.807, 2.05) is 34.8 Å². The number of aromatic nitrogens is 4. The van der Waals surface area contributed by atoms with Gasteiger partial charge in [0.2, 0.25) is 5.95 Å². The summed E-state index contributed by atoms with van der Waals surface area (Å²) in [5.74, 6) is 2.01. The van der Waals surface area contributed by atoms with Crippen molar-refractivity contribution in [2.24, 2.45) is 0 Å². The van der Waals surface area contributed by atoms with Gasteiger partial charge in [-0.3, -0.25) is 9.80 Å². The van der Waals surface area contributed by atoms with Gasteiger partial charge in [0.1, 0.15) is 5.82 Å². The highest BCUT2D eigenvalue weighted by Crippen LogP contribution is 2.57. The predicted octanol–water partition coefficient (Wildman–Crippen LogP) is 20.3. The smallest absolute Gasteiger partial charge is 0.235 e. The molecule has 6 heterocycles. The van der Waals surface area contributed by atoms with E-state index in [2.05, 4.69) is 265 Å². The van der Waals surface area contributed by atoms with Crippen LogP contribution in [-0.2, 0) is 0 Å². The third-order valence-electron chi connectivity index (χ3n) is 15.4. The molecule has 0 aliphatic carbocycles. The number of thiophene rings is 2. The van der Waals surface area contributed by atoms with E-state index in [-0.39, 0.29) is 0 Å². The van der Waals surface area contributed by atoms with Crippen molar-refractivity contribution in [1.29, 1.82) is 0 Å². The lowest BCUT2D eigenvalue weighted by Gasteiger charge is -2.27. The Morgan fingerprint density at radius 1 is 0.275 bits per heavy atom. The molecule has 0 bridgehead atoms. The molecule has 0 spiro atoms. The van der Waals surface area contributed by atoms with Crippen LogP contribution in [-0.4, -0.2) is 19.9 Å². The Balaban J connectivity index is 0.833. The molecule has 0 amide bonds. The van der Waals surface area contributed by atoms with E-state index in [0.717, 1.165) is 95.7 Å². The fourth-order valence-corrected chi connectivity index (χ4v) is 14.3. The van der Waals surface area contributed by atoms with Crippen LogP contribution in [0.1, 0.15) is 0 Å². The van der Waals surface area contributed by atoms with Gasteiger partial charge in [0.25, 0.3) is 0 Å². The van der Waals surface area contributed by atoms with E-state index in [0.29, 0.717) is 11.8 Å². The lowest BCUT2D eigenvalue weighted by molar-refractivity contribution is 1.09. The van der Waals surface area contributed by atoms with E-state index >= 15 is 0 Å². The molecule has 0 saturated heterocycles. The fourth-order valence-electron chi connectivity index (χ4n) is 11.8.